The first-order chi connectivity index (χ1) is 4.74. The summed E-state index contributed by atoms with van der Waals surface area (Å²) in [6.07, 6.45) is 4.21. The molecule has 1 rings (SSSR count). The quantitative estimate of drug-likeness (QED) is 0.632. The summed E-state index contributed by atoms with van der Waals surface area (Å²) in [7, 11) is 0. The number of hydrogen-bond donors (Lipinski definition) is 1. The molecule has 1 N–H and O–H groups in total. The van der Waals surface area contributed by atoms with Gasteiger partial charge in [0.25, 0.3) is 0 Å². The van der Waals surface area contributed by atoms with Crippen LogP contribution in [0.25, 0.3) is 0 Å². The van der Waals surface area contributed by atoms with Crippen LogP contribution in [0.4, 0.5) is 0 Å². The second-order valence-corrected chi connectivity index (χ2v) is 3.67. The van der Waals surface area contributed by atoms with Crippen LogP contribution in [0.1, 0.15) is 40.0 Å². The highest BCUT2D eigenvalue weighted by atomic mass is 14.9. The zero-order valence-electron chi connectivity index (χ0n) is 7.35. The third-order valence-corrected chi connectivity index (χ3v) is 2.18. The molecule has 0 heterocycles. The average Bonchev–Trinajstić information content (AvgIpc) is 2.63. The van der Waals surface area contributed by atoms with Gasteiger partial charge in [-0.15, -0.1) is 0 Å². The molecule has 0 aliphatic heterocycles. The summed E-state index contributed by atoms with van der Waals surface area (Å²) in [5.74, 6) is 1.01. The molecule has 0 spiro atoms. The molecule has 1 nitrogen and oxygen atoms in total. The van der Waals surface area contributed by atoms with Crippen molar-refractivity contribution in [2.45, 2.75) is 52.1 Å². The molecule has 0 aromatic heterocycles. The molecule has 0 aromatic rings. The van der Waals surface area contributed by atoms with Gasteiger partial charge < -0.3 is 5.32 Å². The van der Waals surface area contributed by atoms with Gasteiger partial charge >= 0.3 is 0 Å². The van der Waals surface area contributed by atoms with Crippen LogP contribution in [-0.2, 0) is 0 Å². The van der Waals surface area contributed by atoms with Crippen molar-refractivity contribution in [3.63, 3.8) is 0 Å². The molecule has 0 radical (unpaired) electrons. The lowest BCUT2D eigenvalue weighted by Gasteiger charge is -2.18. The van der Waals surface area contributed by atoms with Crippen LogP contribution in [0.2, 0.25) is 0 Å². The molecule has 0 aromatic carbocycles. The molecule has 0 amide bonds. The Kier molecular flexibility index (Phi) is 2.72. The van der Waals surface area contributed by atoms with E-state index in [1.807, 2.05) is 0 Å². The highest BCUT2D eigenvalue weighted by Gasteiger charge is 2.29. The van der Waals surface area contributed by atoms with Gasteiger partial charge in [-0.2, -0.15) is 0 Å². The van der Waals surface area contributed by atoms with E-state index in [0.717, 1.165) is 12.0 Å². The summed E-state index contributed by atoms with van der Waals surface area (Å²) in [5, 5.41) is 3.59. The maximum absolute atomic E-state index is 3.59. The average molecular weight is 141 g/mol. The van der Waals surface area contributed by atoms with E-state index in [4.69, 9.17) is 0 Å². The van der Waals surface area contributed by atoms with Crippen molar-refractivity contribution < 1.29 is 0 Å². The highest BCUT2D eigenvalue weighted by molar-refractivity contribution is 4.86. The Hall–Kier alpha value is -0.0400. The second kappa shape index (κ2) is 3.38. The normalized spacial score (nSPS) is 21.6. The predicted octanol–water partition coefficient (Wildman–Crippen LogP) is 2.17. The van der Waals surface area contributed by atoms with Crippen molar-refractivity contribution >= 4 is 0 Å². The number of nitrogens with one attached hydrogen (secondary N) is 1. The van der Waals surface area contributed by atoms with Crippen LogP contribution in [-0.4, -0.2) is 12.1 Å². The molecule has 1 fully saturated rings. The molecule has 0 bridgehead atoms. The van der Waals surface area contributed by atoms with Crippen molar-refractivity contribution in [2.24, 2.45) is 5.92 Å². The second-order valence-electron chi connectivity index (χ2n) is 3.67. The molecular weight excluding hydrogens is 122 g/mol. The summed E-state index contributed by atoms with van der Waals surface area (Å²) < 4.78 is 0. The highest BCUT2D eigenvalue weighted by Crippen LogP contribution is 2.33. The first-order valence-corrected chi connectivity index (χ1v) is 4.50. The fraction of sp³-hybridized carbons (Fsp3) is 1.00. The molecule has 0 saturated heterocycles. The van der Waals surface area contributed by atoms with Crippen molar-refractivity contribution in [3.05, 3.63) is 0 Å². The van der Waals surface area contributed by atoms with E-state index in [1.165, 1.54) is 19.3 Å². The van der Waals surface area contributed by atoms with Gasteiger partial charge in [-0.3, -0.25) is 0 Å². The third-order valence-electron chi connectivity index (χ3n) is 2.18. The maximum atomic E-state index is 3.59. The molecule has 1 atom stereocenters. The van der Waals surface area contributed by atoms with Crippen LogP contribution >= 0.6 is 0 Å². The van der Waals surface area contributed by atoms with Crippen LogP contribution in [0, 0.1) is 5.92 Å². The molecule has 1 unspecified atom stereocenters. The monoisotopic (exact) mass is 141 g/mol. The van der Waals surface area contributed by atoms with E-state index in [9.17, 15) is 0 Å². The van der Waals surface area contributed by atoms with E-state index in [0.29, 0.717) is 6.04 Å². The smallest absolute Gasteiger partial charge is 0.00950 e. The lowest BCUT2D eigenvalue weighted by atomic mass is 10.1. The molecule has 1 aliphatic carbocycles. The SMILES string of the molecule is CCC(NC(C)C)C1CC1. The standard InChI is InChI=1S/C9H19N/c1-4-9(8-5-6-8)10-7(2)3/h7-10H,4-6H2,1-3H3. The van der Waals surface area contributed by atoms with Crippen molar-refractivity contribution in [3.8, 4) is 0 Å². The lowest BCUT2D eigenvalue weighted by molar-refractivity contribution is 0.412. The largest absolute Gasteiger partial charge is 0.312 e. The lowest BCUT2D eigenvalue weighted by Crippen LogP contribution is -2.35. The Balaban J connectivity index is 2.19. The summed E-state index contributed by atoms with van der Waals surface area (Å²) in [6.45, 7) is 6.73. The van der Waals surface area contributed by atoms with Gasteiger partial charge in [-0.05, 0) is 25.2 Å². The van der Waals surface area contributed by atoms with Crippen molar-refractivity contribution in [1.29, 1.82) is 0 Å². The van der Waals surface area contributed by atoms with Crippen molar-refractivity contribution in [1.82, 2.24) is 5.32 Å². The van der Waals surface area contributed by atoms with E-state index < -0.39 is 0 Å². The van der Waals surface area contributed by atoms with Gasteiger partial charge in [-0.1, -0.05) is 20.8 Å². The Morgan fingerprint density at radius 2 is 2.00 bits per heavy atom. The first-order valence-electron chi connectivity index (χ1n) is 4.50. The van der Waals surface area contributed by atoms with E-state index in [-0.39, 0.29) is 0 Å². The molecule has 10 heavy (non-hydrogen) atoms. The van der Waals surface area contributed by atoms with Gasteiger partial charge in [0.15, 0.2) is 0 Å². The minimum absolute atomic E-state index is 0.658. The number of rotatable bonds is 4. The van der Waals surface area contributed by atoms with Gasteiger partial charge in [0.05, 0.1) is 0 Å². The Labute approximate surface area is 64.2 Å². The maximum Gasteiger partial charge on any atom is 0.00950 e. The topological polar surface area (TPSA) is 12.0 Å². The summed E-state index contributed by atoms with van der Waals surface area (Å²) >= 11 is 0. The van der Waals surface area contributed by atoms with Crippen molar-refractivity contribution in [2.75, 3.05) is 0 Å². The van der Waals surface area contributed by atoms with Gasteiger partial charge in [0.2, 0.25) is 0 Å². The third kappa shape index (κ3) is 2.30. The van der Waals surface area contributed by atoms with Crippen LogP contribution in [0.15, 0.2) is 0 Å². The molecular formula is C9H19N. The summed E-state index contributed by atoms with van der Waals surface area (Å²) in [5.41, 5.74) is 0. The first kappa shape index (κ1) is 8.06. The van der Waals surface area contributed by atoms with Gasteiger partial charge in [0.1, 0.15) is 0 Å². The van der Waals surface area contributed by atoms with Gasteiger partial charge in [-0.25, -0.2) is 0 Å². The molecule has 60 valence electrons. The minimum Gasteiger partial charge on any atom is -0.312 e. The van der Waals surface area contributed by atoms with E-state index >= 15 is 0 Å². The molecule has 1 aliphatic rings. The van der Waals surface area contributed by atoms with Crippen LogP contribution in [0.5, 0.6) is 0 Å². The van der Waals surface area contributed by atoms with E-state index in [2.05, 4.69) is 26.1 Å². The summed E-state index contributed by atoms with van der Waals surface area (Å²) in [4.78, 5) is 0. The summed E-state index contributed by atoms with van der Waals surface area (Å²) in [6, 6.07) is 1.46. The molecule has 1 heteroatoms. The molecule has 1 saturated carbocycles. The Morgan fingerprint density at radius 1 is 1.40 bits per heavy atom. The van der Waals surface area contributed by atoms with Crippen LogP contribution in [0.3, 0.4) is 0 Å². The minimum atomic E-state index is 0.658. The fourth-order valence-corrected chi connectivity index (χ4v) is 1.51. The number of hydrogen-bond acceptors (Lipinski definition) is 1. The Bertz CT molecular complexity index is 94.9. The zero-order valence-corrected chi connectivity index (χ0v) is 7.35. The Morgan fingerprint density at radius 3 is 2.30 bits per heavy atom. The fourth-order valence-electron chi connectivity index (χ4n) is 1.51. The van der Waals surface area contributed by atoms with Crippen LogP contribution < -0.4 is 5.32 Å². The predicted molar refractivity (Wildman–Crippen MR) is 45.1 cm³/mol. The van der Waals surface area contributed by atoms with E-state index in [1.54, 1.807) is 0 Å². The van der Waals surface area contributed by atoms with Gasteiger partial charge in [0, 0.05) is 12.1 Å². The zero-order chi connectivity index (χ0) is 7.56.